The van der Waals surface area contributed by atoms with Crippen molar-refractivity contribution in [3.8, 4) is 0 Å². The Hall–Kier alpha value is -0.870. The van der Waals surface area contributed by atoms with E-state index in [-0.39, 0.29) is 6.10 Å². The zero-order valence-corrected chi connectivity index (χ0v) is 9.15. The van der Waals surface area contributed by atoms with Crippen molar-refractivity contribution < 1.29 is 15.0 Å². The predicted octanol–water partition coefficient (Wildman–Crippen LogP) is 0.864. The Bertz CT molecular complexity index is 250. The standard InChI is InChI=1S/C11H19NO3/c1-9(7-11(14)15)8-12-5-2-3-10(13)4-6-12/h7,10,13H,2-6,8H2,1H3,(H,14,15)/b9-7+. The Morgan fingerprint density at radius 1 is 1.47 bits per heavy atom. The molecule has 15 heavy (non-hydrogen) atoms. The highest BCUT2D eigenvalue weighted by molar-refractivity contribution is 5.80. The minimum absolute atomic E-state index is 0.182. The number of aliphatic hydroxyl groups excluding tert-OH is 1. The number of aliphatic hydroxyl groups is 1. The number of likely N-dealkylation sites (tertiary alicyclic amines) is 1. The summed E-state index contributed by atoms with van der Waals surface area (Å²) in [5.41, 5.74) is 0.860. The Morgan fingerprint density at radius 3 is 2.87 bits per heavy atom. The number of nitrogens with zero attached hydrogens (tertiary/aromatic N) is 1. The lowest BCUT2D eigenvalue weighted by molar-refractivity contribution is -0.131. The molecule has 0 aromatic heterocycles. The maximum absolute atomic E-state index is 10.4. The average Bonchev–Trinajstić information content (AvgIpc) is 2.29. The molecular weight excluding hydrogens is 194 g/mol. The third-order valence-corrected chi connectivity index (χ3v) is 2.63. The molecule has 86 valence electrons. The van der Waals surface area contributed by atoms with Gasteiger partial charge in [0.2, 0.25) is 0 Å². The molecule has 1 fully saturated rings. The summed E-state index contributed by atoms with van der Waals surface area (Å²) in [4.78, 5) is 12.6. The van der Waals surface area contributed by atoms with Gasteiger partial charge in [0.15, 0.2) is 0 Å². The van der Waals surface area contributed by atoms with Gasteiger partial charge in [-0.1, -0.05) is 5.57 Å². The number of carboxylic acids is 1. The van der Waals surface area contributed by atoms with Gasteiger partial charge < -0.3 is 10.2 Å². The van der Waals surface area contributed by atoms with Gasteiger partial charge in [0.25, 0.3) is 0 Å². The van der Waals surface area contributed by atoms with Crippen LogP contribution in [0, 0.1) is 0 Å². The van der Waals surface area contributed by atoms with Crippen LogP contribution in [0.2, 0.25) is 0 Å². The molecule has 0 aromatic carbocycles. The van der Waals surface area contributed by atoms with Crippen molar-refractivity contribution in [1.29, 1.82) is 0 Å². The van der Waals surface area contributed by atoms with Crippen LogP contribution < -0.4 is 0 Å². The van der Waals surface area contributed by atoms with Crippen molar-refractivity contribution in [3.63, 3.8) is 0 Å². The second kappa shape index (κ2) is 5.88. The molecule has 0 aromatic rings. The molecule has 1 rings (SSSR count). The van der Waals surface area contributed by atoms with Crippen LogP contribution in [0.25, 0.3) is 0 Å². The predicted molar refractivity (Wildman–Crippen MR) is 57.7 cm³/mol. The van der Waals surface area contributed by atoms with Crippen molar-refractivity contribution in [1.82, 2.24) is 4.90 Å². The molecule has 1 atom stereocenters. The van der Waals surface area contributed by atoms with E-state index in [0.717, 1.165) is 37.9 Å². The molecular formula is C11H19NO3. The summed E-state index contributed by atoms with van der Waals surface area (Å²) in [5, 5.41) is 18.0. The smallest absolute Gasteiger partial charge is 0.328 e. The summed E-state index contributed by atoms with van der Waals surface area (Å²) in [7, 11) is 0. The van der Waals surface area contributed by atoms with Gasteiger partial charge in [-0.2, -0.15) is 0 Å². The molecule has 1 heterocycles. The highest BCUT2D eigenvalue weighted by Crippen LogP contribution is 2.11. The molecule has 1 unspecified atom stereocenters. The second-order valence-corrected chi connectivity index (χ2v) is 4.19. The SMILES string of the molecule is C/C(=C\C(=O)O)CN1CCCC(O)CC1. The molecule has 0 saturated carbocycles. The first kappa shape index (κ1) is 12.2. The lowest BCUT2D eigenvalue weighted by atomic mass is 10.2. The van der Waals surface area contributed by atoms with Gasteiger partial charge in [-0.05, 0) is 32.7 Å². The third-order valence-electron chi connectivity index (χ3n) is 2.63. The summed E-state index contributed by atoms with van der Waals surface area (Å²) in [6, 6.07) is 0. The van der Waals surface area contributed by atoms with Gasteiger partial charge in [0.05, 0.1) is 6.10 Å². The van der Waals surface area contributed by atoms with E-state index in [2.05, 4.69) is 4.90 Å². The number of carboxylic acid groups (broad SMARTS) is 1. The van der Waals surface area contributed by atoms with E-state index >= 15 is 0 Å². The van der Waals surface area contributed by atoms with Crippen LogP contribution in [0.3, 0.4) is 0 Å². The quantitative estimate of drug-likeness (QED) is 0.683. The molecule has 0 radical (unpaired) electrons. The lowest BCUT2D eigenvalue weighted by Gasteiger charge is -2.19. The van der Waals surface area contributed by atoms with E-state index in [0.29, 0.717) is 6.54 Å². The van der Waals surface area contributed by atoms with Gasteiger partial charge in [0, 0.05) is 19.2 Å². The highest BCUT2D eigenvalue weighted by Gasteiger charge is 2.14. The fourth-order valence-electron chi connectivity index (χ4n) is 1.91. The Balaban J connectivity index is 2.40. The van der Waals surface area contributed by atoms with Gasteiger partial charge in [-0.15, -0.1) is 0 Å². The van der Waals surface area contributed by atoms with Gasteiger partial charge in [-0.25, -0.2) is 4.79 Å². The van der Waals surface area contributed by atoms with Crippen molar-refractivity contribution in [2.45, 2.75) is 32.3 Å². The lowest BCUT2D eigenvalue weighted by Crippen LogP contribution is -2.27. The monoisotopic (exact) mass is 213 g/mol. The maximum atomic E-state index is 10.4. The van der Waals surface area contributed by atoms with Gasteiger partial charge >= 0.3 is 5.97 Å². The number of hydrogen-bond acceptors (Lipinski definition) is 3. The van der Waals surface area contributed by atoms with E-state index in [1.807, 2.05) is 6.92 Å². The average molecular weight is 213 g/mol. The first-order valence-electron chi connectivity index (χ1n) is 5.38. The third kappa shape index (κ3) is 4.95. The molecule has 1 saturated heterocycles. The normalized spacial score (nSPS) is 24.9. The van der Waals surface area contributed by atoms with Crippen molar-refractivity contribution >= 4 is 5.97 Å². The van der Waals surface area contributed by atoms with Gasteiger partial charge in [0.1, 0.15) is 0 Å². The largest absolute Gasteiger partial charge is 0.478 e. The molecule has 1 aliphatic rings. The van der Waals surface area contributed by atoms with E-state index in [4.69, 9.17) is 5.11 Å². The van der Waals surface area contributed by atoms with Crippen LogP contribution in [0.4, 0.5) is 0 Å². The Labute approximate surface area is 90.2 Å². The fourth-order valence-corrected chi connectivity index (χ4v) is 1.91. The Kier molecular flexibility index (Phi) is 4.78. The number of aliphatic carboxylic acids is 1. The van der Waals surface area contributed by atoms with E-state index < -0.39 is 5.97 Å². The van der Waals surface area contributed by atoms with E-state index in [1.54, 1.807) is 0 Å². The summed E-state index contributed by atoms with van der Waals surface area (Å²) in [6.07, 6.45) is 3.71. The minimum atomic E-state index is -0.887. The van der Waals surface area contributed by atoms with Crippen LogP contribution in [0.1, 0.15) is 26.2 Å². The summed E-state index contributed by atoms with van der Waals surface area (Å²) in [5.74, 6) is -0.887. The second-order valence-electron chi connectivity index (χ2n) is 4.19. The van der Waals surface area contributed by atoms with Crippen molar-refractivity contribution in [2.24, 2.45) is 0 Å². The first-order valence-corrected chi connectivity index (χ1v) is 5.38. The van der Waals surface area contributed by atoms with Crippen LogP contribution >= 0.6 is 0 Å². The molecule has 0 spiro atoms. The molecule has 0 aliphatic carbocycles. The first-order chi connectivity index (χ1) is 7.08. The van der Waals surface area contributed by atoms with Gasteiger partial charge in [-0.3, -0.25) is 4.90 Å². The summed E-state index contributed by atoms with van der Waals surface area (Å²) in [6.45, 7) is 4.32. The molecule has 4 heteroatoms. The molecule has 4 nitrogen and oxygen atoms in total. The molecule has 2 N–H and O–H groups in total. The fraction of sp³-hybridized carbons (Fsp3) is 0.727. The van der Waals surface area contributed by atoms with Crippen LogP contribution in [0.5, 0.6) is 0 Å². The van der Waals surface area contributed by atoms with Crippen LogP contribution in [0.15, 0.2) is 11.6 Å². The molecule has 1 aliphatic heterocycles. The number of carbonyl (C=O) groups is 1. The van der Waals surface area contributed by atoms with E-state index in [1.165, 1.54) is 6.08 Å². The minimum Gasteiger partial charge on any atom is -0.478 e. The highest BCUT2D eigenvalue weighted by atomic mass is 16.4. The van der Waals surface area contributed by atoms with Crippen molar-refractivity contribution in [3.05, 3.63) is 11.6 Å². The Morgan fingerprint density at radius 2 is 2.20 bits per heavy atom. The van der Waals surface area contributed by atoms with Crippen LogP contribution in [-0.2, 0) is 4.79 Å². The topological polar surface area (TPSA) is 60.8 Å². The van der Waals surface area contributed by atoms with Crippen LogP contribution in [-0.4, -0.2) is 46.8 Å². The number of rotatable bonds is 3. The summed E-state index contributed by atoms with van der Waals surface area (Å²) < 4.78 is 0. The van der Waals surface area contributed by atoms with E-state index in [9.17, 15) is 9.90 Å². The zero-order valence-electron chi connectivity index (χ0n) is 9.15. The zero-order chi connectivity index (χ0) is 11.3. The molecule has 0 bridgehead atoms. The maximum Gasteiger partial charge on any atom is 0.328 e. The van der Waals surface area contributed by atoms with Crippen molar-refractivity contribution in [2.75, 3.05) is 19.6 Å². The molecule has 0 amide bonds. The number of hydrogen-bond donors (Lipinski definition) is 2. The summed E-state index contributed by atoms with van der Waals surface area (Å²) >= 11 is 0.